The van der Waals surface area contributed by atoms with Gasteiger partial charge in [-0.15, -0.1) is 0 Å². The molecule has 0 aromatic heterocycles. The summed E-state index contributed by atoms with van der Waals surface area (Å²) in [5, 5.41) is 3.31. The normalized spacial score (nSPS) is 22.2. The molecule has 1 fully saturated rings. The first kappa shape index (κ1) is 15.0. The lowest BCUT2D eigenvalue weighted by Crippen LogP contribution is -2.51. The van der Waals surface area contributed by atoms with Gasteiger partial charge in [0.1, 0.15) is 6.04 Å². The van der Waals surface area contributed by atoms with E-state index in [-0.39, 0.29) is 5.91 Å². The number of nitrogens with zero attached hydrogens (tertiary/aromatic N) is 1. The summed E-state index contributed by atoms with van der Waals surface area (Å²) in [7, 11) is 0. The number of amides is 2. The number of hydrogen-bond donors (Lipinski definition) is 2. The van der Waals surface area contributed by atoms with Crippen molar-refractivity contribution >= 4 is 11.8 Å². The van der Waals surface area contributed by atoms with Crippen molar-refractivity contribution in [1.82, 2.24) is 10.2 Å². The van der Waals surface area contributed by atoms with Crippen molar-refractivity contribution in [3.8, 4) is 0 Å². The van der Waals surface area contributed by atoms with Gasteiger partial charge >= 0.3 is 0 Å². The van der Waals surface area contributed by atoms with Crippen molar-refractivity contribution in [1.29, 1.82) is 0 Å². The molecule has 0 spiro atoms. The van der Waals surface area contributed by atoms with Gasteiger partial charge in [0.2, 0.25) is 11.8 Å². The van der Waals surface area contributed by atoms with E-state index in [0.29, 0.717) is 25.3 Å². The number of rotatable bonds is 3. The monoisotopic (exact) mass is 301 g/mol. The van der Waals surface area contributed by atoms with Crippen LogP contribution in [-0.4, -0.2) is 35.8 Å². The highest BCUT2D eigenvalue weighted by atomic mass is 16.2. The fraction of sp³-hybridized carbons (Fsp3) is 0.529. The van der Waals surface area contributed by atoms with E-state index in [0.717, 1.165) is 37.1 Å². The molecule has 0 saturated carbocycles. The minimum Gasteiger partial charge on any atom is -0.368 e. The largest absolute Gasteiger partial charge is 0.368 e. The second-order valence-electron chi connectivity index (χ2n) is 6.31. The Kier molecular flexibility index (Phi) is 4.43. The maximum absolute atomic E-state index is 12.7. The number of hydrogen-bond acceptors (Lipinski definition) is 3. The molecule has 2 heterocycles. The van der Waals surface area contributed by atoms with E-state index in [2.05, 4.69) is 5.32 Å². The molecule has 1 atom stereocenters. The molecule has 5 heteroatoms. The number of piperidine rings is 1. The van der Waals surface area contributed by atoms with Crippen LogP contribution in [0.3, 0.4) is 0 Å². The minimum atomic E-state index is -0.510. The van der Waals surface area contributed by atoms with E-state index in [1.165, 1.54) is 0 Å². The molecule has 5 nitrogen and oxygen atoms in total. The van der Waals surface area contributed by atoms with Gasteiger partial charge in [0.15, 0.2) is 0 Å². The van der Waals surface area contributed by atoms with Crippen LogP contribution in [0.4, 0.5) is 0 Å². The molecule has 3 rings (SSSR count). The van der Waals surface area contributed by atoms with Gasteiger partial charge in [-0.1, -0.05) is 24.3 Å². The van der Waals surface area contributed by atoms with Crippen LogP contribution in [0.25, 0.3) is 0 Å². The highest BCUT2D eigenvalue weighted by molar-refractivity contribution is 5.87. The second kappa shape index (κ2) is 6.48. The highest BCUT2D eigenvalue weighted by Gasteiger charge is 2.34. The van der Waals surface area contributed by atoms with Crippen molar-refractivity contribution in [2.75, 3.05) is 13.1 Å². The van der Waals surface area contributed by atoms with Gasteiger partial charge in [-0.3, -0.25) is 9.59 Å². The number of nitrogens with two attached hydrogens (primary N) is 1. The Bertz CT molecular complexity index is 567. The van der Waals surface area contributed by atoms with E-state index in [1.54, 1.807) is 4.90 Å². The summed E-state index contributed by atoms with van der Waals surface area (Å²) in [4.78, 5) is 26.2. The second-order valence-corrected chi connectivity index (χ2v) is 6.31. The van der Waals surface area contributed by atoms with Crippen LogP contribution in [0.15, 0.2) is 24.3 Å². The Labute approximate surface area is 130 Å². The summed E-state index contributed by atoms with van der Waals surface area (Å²) in [6, 6.07) is 7.46. The summed E-state index contributed by atoms with van der Waals surface area (Å²) in [6.07, 6.45) is 3.10. The fourth-order valence-electron chi connectivity index (χ4n) is 3.49. The Morgan fingerprint density at radius 3 is 2.55 bits per heavy atom. The first-order valence-corrected chi connectivity index (χ1v) is 8.01. The van der Waals surface area contributed by atoms with Crippen molar-refractivity contribution in [2.45, 2.75) is 38.3 Å². The molecule has 2 aliphatic rings. The number of carbonyl (C=O) groups is 2. The van der Waals surface area contributed by atoms with Gasteiger partial charge in [-0.25, -0.2) is 0 Å². The zero-order valence-electron chi connectivity index (χ0n) is 12.8. The average Bonchev–Trinajstić information content (AvgIpc) is 2.54. The molecular formula is C17H23N3O2. The summed E-state index contributed by atoms with van der Waals surface area (Å²) in [5.74, 6) is 0.0674. The lowest BCUT2D eigenvalue weighted by atomic mass is 9.90. The van der Waals surface area contributed by atoms with Gasteiger partial charge in [0.05, 0.1) is 0 Å². The van der Waals surface area contributed by atoms with Crippen molar-refractivity contribution in [3.05, 3.63) is 35.4 Å². The standard InChI is InChI=1S/C17H23N3O2/c18-17(22)15-10-13-3-1-2-4-14(13)11-20(15)16(21)9-12-5-7-19-8-6-12/h1-4,12,15,19H,5-11H2,(H2,18,22)/t15-/m1/s1. The smallest absolute Gasteiger partial charge is 0.240 e. The van der Waals surface area contributed by atoms with E-state index >= 15 is 0 Å². The zero-order chi connectivity index (χ0) is 15.5. The molecule has 0 aliphatic carbocycles. The Morgan fingerprint density at radius 2 is 1.86 bits per heavy atom. The molecule has 0 unspecified atom stereocenters. The zero-order valence-corrected chi connectivity index (χ0v) is 12.8. The SMILES string of the molecule is NC(=O)[C@H]1Cc2ccccc2CN1C(=O)CC1CCNCC1. The van der Waals surface area contributed by atoms with Crippen LogP contribution in [0.1, 0.15) is 30.4 Å². The molecule has 1 aromatic carbocycles. The molecule has 2 amide bonds. The predicted octanol–water partition coefficient (Wildman–Crippen LogP) is 0.815. The van der Waals surface area contributed by atoms with Gasteiger partial charge in [0, 0.05) is 19.4 Å². The molecule has 1 saturated heterocycles. The van der Waals surface area contributed by atoms with Crippen LogP contribution < -0.4 is 11.1 Å². The predicted molar refractivity (Wildman–Crippen MR) is 83.9 cm³/mol. The number of benzene rings is 1. The van der Waals surface area contributed by atoms with Crippen molar-refractivity contribution in [3.63, 3.8) is 0 Å². The molecular weight excluding hydrogens is 278 g/mol. The molecule has 3 N–H and O–H groups in total. The third-order valence-electron chi connectivity index (χ3n) is 4.82. The Hall–Kier alpha value is -1.88. The van der Waals surface area contributed by atoms with Gasteiger partial charge in [0.25, 0.3) is 0 Å². The lowest BCUT2D eigenvalue weighted by molar-refractivity contribution is -0.141. The van der Waals surface area contributed by atoms with Gasteiger partial charge in [-0.2, -0.15) is 0 Å². The number of primary amides is 1. The Balaban J connectivity index is 1.75. The molecule has 1 aromatic rings. The lowest BCUT2D eigenvalue weighted by Gasteiger charge is -2.36. The molecule has 0 bridgehead atoms. The van der Waals surface area contributed by atoms with Crippen LogP contribution >= 0.6 is 0 Å². The quantitative estimate of drug-likeness (QED) is 0.868. The summed E-state index contributed by atoms with van der Waals surface area (Å²) in [6.45, 7) is 2.44. The van der Waals surface area contributed by atoms with Crippen LogP contribution in [0.5, 0.6) is 0 Å². The van der Waals surface area contributed by atoms with Crippen molar-refractivity contribution in [2.24, 2.45) is 11.7 Å². The van der Waals surface area contributed by atoms with Gasteiger partial charge in [-0.05, 0) is 43.0 Å². The minimum absolute atomic E-state index is 0.0604. The third kappa shape index (κ3) is 3.14. The number of carbonyl (C=O) groups excluding carboxylic acids is 2. The molecule has 118 valence electrons. The van der Waals surface area contributed by atoms with E-state index < -0.39 is 11.9 Å². The first-order valence-electron chi connectivity index (χ1n) is 8.01. The highest BCUT2D eigenvalue weighted by Crippen LogP contribution is 2.26. The van der Waals surface area contributed by atoms with Crippen LogP contribution in [0, 0.1) is 5.92 Å². The summed E-state index contributed by atoms with van der Waals surface area (Å²) in [5.41, 5.74) is 7.79. The number of fused-ring (bicyclic) bond motifs is 1. The molecule has 2 aliphatic heterocycles. The van der Waals surface area contributed by atoms with Gasteiger partial charge < -0.3 is 16.0 Å². The summed E-state index contributed by atoms with van der Waals surface area (Å²) < 4.78 is 0. The molecule has 22 heavy (non-hydrogen) atoms. The van der Waals surface area contributed by atoms with Crippen LogP contribution in [0.2, 0.25) is 0 Å². The maximum Gasteiger partial charge on any atom is 0.240 e. The van der Waals surface area contributed by atoms with Crippen molar-refractivity contribution < 1.29 is 9.59 Å². The van der Waals surface area contributed by atoms with E-state index in [1.807, 2.05) is 24.3 Å². The fourth-order valence-corrected chi connectivity index (χ4v) is 3.49. The summed E-state index contributed by atoms with van der Waals surface area (Å²) >= 11 is 0. The average molecular weight is 301 g/mol. The number of nitrogens with one attached hydrogen (secondary N) is 1. The van der Waals surface area contributed by atoms with E-state index in [9.17, 15) is 9.59 Å². The third-order valence-corrected chi connectivity index (χ3v) is 4.82. The molecule has 0 radical (unpaired) electrons. The Morgan fingerprint density at radius 1 is 1.18 bits per heavy atom. The van der Waals surface area contributed by atoms with E-state index in [4.69, 9.17) is 5.73 Å². The topological polar surface area (TPSA) is 75.4 Å². The van der Waals surface area contributed by atoms with Crippen LogP contribution in [-0.2, 0) is 22.6 Å². The maximum atomic E-state index is 12.7. The first-order chi connectivity index (χ1) is 10.6.